The number of pyridine rings is 1. The van der Waals surface area contributed by atoms with Crippen LogP contribution in [0.4, 0.5) is 10.8 Å². The molecule has 168 valence electrons. The molecule has 32 heavy (non-hydrogen) atoms. The Morgan fingerprint density at radius 2 is 1.94 bits per heavy atom. The highest BCUT2D eigenvalue weighted by Crippen LogP contribution is 2.39. The van der Waals surface area contributed by atoms with Gasteiger partial charge in [-0.2, -0.15) is 0 Å². The first-order valence-corrected chi connectivity index (χ1v) is 11.7. The van der Waals surface area contributed by atoms with Gasteiger partial charge in [0.25, 0.3) is 5.91 Å². The van der Waals surface area contributed by atoms with Crippen LogP contribution in [0.3, 0.4) is 0 Å². The van der Waals surface area contributed by atoms with E-state index in [9.17, 15) is 4.79 Å². The maximum Gasteiger partial charge on any atom is 0.257 e. The average molecular weight is 455 g/mol. The lowest BCUT2D eigenvalue weighted by molar-refractivity contribution is 0.0845. The van der Waals surface area contributed by atoms with Crippen LogP contribution in [0.2, 0.25) is 0 Å². The van der Waals surface area contributed by atoms with Gasteiger partial charge in [0.2, 0.25) is 0 Å². The molecule has 2 aliphatic rings. The smallest absolute Gasteiger partial charge is 0.257 e. The van der Waals surface area contributed by atoms with Gasteiger partial charge in [-0.05, 0) is 37.1 Å². The first kappa shape index (κ1) is 21.1. The molecule has 4 heterocycles. The summed E-state index contributed by atoms with van der Waals surface area (Å²) in [5.74, 6) is 0.838. The monoisotopic (exact) mass is 454 g/mol. The molecule has 8 nitrogen and oxygen atoms in total. The zero-order valence-electron chi connectivity index (χ0n) is 18.0. The van der Waals surface area contributed by atoms with E-state index in [0.717, 1.165) is 60.7 Å². The summed E-state index contributed by atoms with van der Waals surface area (Å²) in [6.07, 6.45) is 3.57. The molecule has 0 atom stereocenters. The zero-order valence-corrected chi connectivity index (χ0v) is 18.8. The van der Waals surface area contributed by atoms with E-state index >= 15 is 0 Å². The predicted molar refractivity (Wildman–Crippen MR) is 124 cm³/mol. The summed E-state index contributed by atoms with van der Waals surface area (Å²) in [7, 11) is 1.63. The van der Waals surface area contributed by atoms with Gasteiger partial charge in [-0.1, -0.05) is 11.3 Å². The third-order valence-corrected chi connectivity index (χ3v) is 6.95. The van der Waals surface area contributed by atoms with Crippen molar-refractivity contribution in [3.05, 3.63) is 41.7 Å². The number of fused-ring (bicyclic) bond motifs is 1. The Balaban J connectivity index is 1.41. The van der Waals surface area contributed by atoms with Crippen LogP contribution >= 0.6 is 11.3 Å². The molecule has 2 aliphatic heterocycles. The number of benzene rings is 1. The molecular formula is C23H26N4O4S. The molecular weight excluding hydrogens is 428 g/mol. The van der Waals surface area contributed by atoms with Gasteiger partial charge < -0.3 is 19.1 Å². The standard InChI is InChI=1S/C23H26N4O4S/c1-29-19-3-2-18(27-8-12-31-13-9-27)21-20(19)25-23(32-21)26-22(28)16-4-7-24-17(14-16)15-5-10-30-11-6-15/h2-4,7,14-15H,5-6,8-13H2,1H3,(H,25,26,28). The highest BCUT2D eigenvalue weighted by atomic mass is 32.1. The minimum absolute atomic E-state index is 0.188. The molecule has 2 fully saturated rings. The maximum atomic E-state index is 13.0. The number of methoxy groups -OCH3 is 1. The number of hydrogen-bond acceptors (Lipinski definition) is 8. The van der Waals surface area contributed by atoms with Crippen LogP contribution in [-0.4, -0.2) is 62.5 Å². The molecule has 3 aromatic rings. The van der Waals surface area contributed by atoms with E-state index in [-0.39, 0.29) is 5.91 Å². The highest BCUT2D eigenvalue weighted by Gasteiger charge is 2.21. The van der Waals surface area contributed by atoms with Gasteiger partial charge in [-0.15, -0.1) is 0 Å². The Morgan fingerprint density at radius 3 is 2.72 bits per heavy atom. The summed E-state index contributed by atoms with van der Waals surface area (Å²) in [4.78, 5) is 24.5. The van der Waals surface area contributed by atoms with Gasteiger partial charge in [-0.25, -0.2) is 4.98 Å². The minimum atomic E-state index is -0.188. The van der Waals surface area contributed by atoms with Crippen LogP contribution < -0.4 is 15.0 Å². The number of anilines is 2. The molecule has 1 aromatic carbocycles. The fourth-order valence-electron chi connectivity index (χ4n) is 4.22. The van der Waals surface area contributed by atoms with Crippen molar-refractivity contribution in [2.24, 2.45) is 0 Å². The van der Waals surface area contributed by atoms with Gasteiger partial charge >= 0.3 is 0 Å². The maximum absolute atomic E-state index is 13.0. The summed E-state index contributed by atoms with van der Waals surface area (Å²) in [6.45, 7) is 4.53. The van der Waals surface area contributed by atoms with E-state index < -0.39 is 0 Å². The lowest BCUT2D eigenvalue weighted by Crippen LogP contribution is -2.36. The largest absolute Gasteiger partial charge is 0.494 e. The number of aromatic nitrogens is 2. The van der Waals surface area contributed by atoms with Crippen molar-refractivity contribution in [1.82, 2.24) is 9.97 Å². The second kappa shape index (κ2) is 9.40. The average Bonchev–Trinajstić information content (AvgIpc) is 3.28. The first-order chi connectivity index (χ1) is 15.7. The number of thiazole rings is 1. The second-order valence-electron chi connectivity index (χ2n) is 7.89. The molecule has 0 aliphatic carbocycles. The van der Waals surface area contributed by atoms with E-state index in [1.807, 2.05) is 12.1 Å². The molecule has 0 radical (unpaired) electrons. The Hall–Kier alpha value is -2.75. The van der Waals surface area contributed by atoms with E-state index in [1.165, 1.54) is 11.3 Å². The van der Waals surface area contributed by atoms with Gasteiger partial charge in [0, 0.05) is 49.7 Å². The van der Waals surface area contributed by atoms with Crippen LogP contribution in [0, 0.1) is 0 Å². The lowest BCUT2D eigenvalue weighted by Gasteiger charge is -2.29. The zero-order chi connectivity index (χ0) is 21.9. The van der Waals surface area contributed by atoms with Gasteiger partial charge in [0.15, 0.2) is 5.13 Å². The number of amides is 1. The molecule has 0 spiro atoms. The van der Waals surface area contributed by atoms with E-state index in [0.29, 0.717) is 35.6 Å². The van der Waals surface area contributed by atoms with Crippen molar-refractivity contribution < 1.29 is 19.0 Å². The highest BCUT2D eigenvalue weighted by molar-refractivity contribution is 7.23. The van der Waals surface area contributed by atoms with E-state index in [4.69, 9.17) is 14.2 Å². The number of carbonyl (C=O) groups excluding carboxylic acids is 1. The van der Waals surface area contributed by atoms with Gasteiger partial charge in [0.1, 0.15) is 11.3 Å². The topological polar surface area (TPSA) is 85.8 Å². The van der Waals surface area contributed by atoms with Crippen molar-refractivity contribution in [2.45, 2.75) is 18.8 Å². The molecule has 1 amide bonds. The van der Waals surface area contributed by atoms with Crippen molar-refractivity contribution in [2.75, 3.05) is 56.8 Å². The second-order valence-corrected chi connectivity index (χ2v) is 8.89. The fraction of sp³-hybridized carbons (Fsp3) is 0.435. The van der Waals surface area contributed by atoms with Crippen LogP contribution in [-0.2, 0) is 9.47 Å². The molecule has 5 rings (SSSR count). The third kappa shape index (κ3) is 4.28. The first-order valence-electron chi connectivity index (χ1n) is 10.9. The van der Waals surface area contributed by atoms with Crippen molar-refractivity contribution in [3.63, 3.8) is 0 Å². The Kier molecular flexibility index (Phi) is 6.20. The van der Waals surface area contributed by atoms with Gasteiger partial charge in [0.05, 0.1) is 30.7 Å². The van der Waals surface area contributed by atoms with Crippen molar-refractivity contribution in [1.29, 1.82) is 0 Å². The SMILES string of the molecule is COc1ccc(N2CCOCC2)c2sc(NC(=O)c3ccnc(C4CCOCC4)c3)nc12. The van der Waals surface area contributed by atoms with Crippen LogP contribution in [0.25, 0.3) is 10.2 Å². The summed E-state index contributed by atoms with van der Waals surface area (Å²) in [5, 5.41) is 3.53. The minimum Gasteiger partial charge on any atom is -0.494 e. The number of hydrogen-bond donors (Lipinski definition) is 1. The molecule has 0 unspecified atom stereocenters. The van der Waals surface area contributed by atoms with Crippen LogP contribution in [0.1, 0.15) is 34.8 Å². The quantitative estimate of drug-likeness (QED) is 0.629. The van der Waals surface area contributed by atoms with E-state index in [2.05, 4.69) is 26.3 Å². The predicted octanol–water partition coefficient (Wildman–Crippen LogP) is 3.68. The van der Waals surface area contributed by atoms with Crippen molar-refractivity contribution >= 4 is 38.3 Å². The normalized spacial score (nSPS) is 17.5. The summed E-state index contributed by atoms with van der Waals surface area (Å²) >= 11 is 1.46. The lowest BCUT2D eigenvalue weighted by atomic mass is 9.95. The van der Waals surface area contributed by atoms with Gasteiger partial charge in [-0.3, -0.25) is 15.1 Å². The summed E-state index contributed by atoms with van der Waals surface area (Å²) in [5.41, 5.74) is 3.38. The Bertz CT molecular complexity index is 1110. The Labute approximate surface area is 190 Å². The summed E-state index contributed by atoms with van der Waals surface area (Å²) in [6, 6.07) is 7.62. The van der Waals surface area contributed by atoms with E-state index in [1.54, 1.807) is 19.4 Å². The third-order valence-electron chi connectivity index (χ3n) is 5.96. The van der Waals surface area contributed by atoms with Crippen molar-refractivity contribution in [3.8, 4) is 5.75 Å². The molecule has 0 saturated carbocycles. The summed E-state index contributed by atoms with van der Waals surface area (Å²) < 4.78 is 17.5. The number of morpholine rings is 1. The molecule has 9 heteroatoms. The molecule has 1 N–H and O–H groups in total. The van der Waals surface area contributed by atoms with Crippen LogP contribution in [0.15, 0.2) is 30.5 Å². The molecule has 2 aromatic heterocycles. The molecule has 2 saturated heterocycles. The number of ether oxygens (including phenoxy) is 3. The number of nitrogens with zero attached hydrogens (tertiary/aromatic N) is 3. The number of rotatable bonds is 5. The molecule has 0 bridgehead atoms. The fourth-order valence-corrected chi connectivity index (χ4v) is 5.24. The number of carbonyl (C=O) groups is 1. The van der Waals surface area contributed by atoms with Crippen LogP contribution in [0.5, 0.6) is 5.75 Å². The number of nitrogens with one attached hydrogen (secondary N) is 1. The Morgan fingerprint density at radius 1 is 1.16 bits per heavy atom.